The summed E-state index contributed by atoms with van der Waals surface area (Å²) >= 11 is 3.24. The molecule has 1 N–H and O–H groups in total. The van der Waals surface area contributed by atoms with Crippen LogP contribution < -0.4 is 5.32 Å². The van der Waals surface area contributed by atoms with Gasteiger partial charge in [0.2, 0.25) is 0 Å². The second kappa shape index (κ2) is 6.01. The Morgan fingerprint density at radius 1 is 1.05 bits per heavy atom. The summed E-state index contributed by atoms with van der Waals surface area (Å²) in [6.07, 6.45) is 1.79. The van der Waals surface area contributed by atoms with Crippen molar-refractivity contribution in [3.8, 4) is 10.7 Å². The lowest BCUT2D eigenvalue weighted by Gasteiger charge is -1.99. The zero-order valence-corrected chi connectivity index (χ0v) is 11.7. The number of rotatable bonds is 5. The highest BCUT2D eigenvalue weighted by Gasteiger charge is 2.05. The first-order valence-electron chi connectivity index (χ1n) is 5.85. The molecule has 0 unspecified atom stereocenters. The molecule has 19 heavy (non-hydrogen) atoms. The highest BCUT2D eigenvalue weighted by Crippen LogP contribution is 2.21. The van der Waals surface area contributed by atoms with Crippen molar-refractivity contribution in [3.05, 3.63) is 52.1 Å². The zero-order valence-electron chi connectivity index (χ0n) is 10.1. The summed E-state index contributed by atoms with van der Waals surface area (Å²) in [4.78, 5) is 13.1. The number of nitrogens with one attached hydrogen (secondary N) is 1. The van der Waals surface area contributed by atoms with Crippen molar-refractivity contribution in [1.82, 2.24) is 20.3 Å². The van der Waals surface area contributed by atoms with E-state index in [1.807, 2.05) is 29.1 Å². The molecule has 0 saturated heterocycles. The monoisotopic (exact) mass is 288 g/mol. The lowest BCUT2D eigenvalue weighted by molar-refractivity contribution is 0.673. The van der Waals surface area contributed by atoms with Crippen LogP contribution in [0.1, 0.15) is 11.4 Å². The number of hydrogen-bond acceptors (Lipinski definition) is 6. The van der Waals surface area contributed by atoms with Gasteiger partial charge in [0, 0.05) is 30.0 Å². The fraction of sp³-hybridized carbons (Fsp3) is 0.154. The van der Waals surface area contributed by atoms with E-state index < -0.39 is 0 Å². The fourth-order valence-electron chi connectivity index (χ4n) is 1.64. The smallest absolute Gasteiger partial charge is 0.142 e. The number of thiazole rings is 2. The minimum Gasteiger partial charge on any atom is -0.305 e. The van der Waals surface area contributed by atoms with Crippen molar-refractivity contribution in [1.29, 1.82) is 0 Å². The predicted octanol–water partition coefficient (Wildman–Crippen LogP) is 2.95. The van der Waals surface area contributed by atoms with Gasteiger partial charge in [-0.15, -0.1) is 22.7 Å². The maximum Gasteiger partial charge on any atom is 0.142 e. The number of aromatic nitrogens is 3. The molecular weight excluding hydrogens is 276 g/mol. The van der Waals surface area contributed by atoms with Crippen LogP contribution in [0, 0.1) is 0 Å². The van der Waals surface area contributed by atoms with Crippen molar-refractivity contribution in [2.45, 2.75) is 13.1 Å². The van der Waals surface area contributed by atoms with Crippen LogP contribution in [-0.4, -0.2) is 15.0 Å². The Hall–Kier alpha value is -1.63. The topological polar surface area (TPSA) is 50.7 Å². The van der Waals surface area contributed by atoms with Gasteiger partial charge < -0.3 is 5.32 Å². The summed E-state index contributed by atoms with van der Waals surface area (Å²) in [7, 11) is 0. The normalized spacial score (nSPS) is 10.7. The van der Waals surface area contributed by atoms with Gasteiger partial charge in [0.25, 0.3) is 0 Å². The van der Waals surface area contributed by atoms with Crippen molar-refractivity contribution < 1.29 is 0 Å². The summed E-state index contributed by atoms with van der Waals surface area (Å²) in [6, 6.07) is 5.86. The number of pyridine rings is 1. The van der Waals surface area contributed by atoms with E-state index >= 15 is 0 Å². The molecule has 0 aliphatic carbocycles. The lowest BCUT2D eigenvalue weighted by atomic mass is 10.3. The fourth-order valence-corrected chi connectivity index (χ4v) is 2.99. The van der Waals surface area contributed by atoms with Crippen LogP contribution in [0.25, 0.3) is 10.7 Å². The van der Waals surface area contributed by atoms with Crippen LogP contribution in [0.3, 0.4) is 0 Å². The summed E-state index contributed by atoms with van der Waals surface area (Å²) in [6.45, 7) is 1.53. The molecule has 0 aliphatic rings. The minimum absolute atomic E-state index is 0.751. The summed E-state index contributed by atoms with van der Waals surface area (Å²) in [5.41, 5.74) is 4.89. The van der Waals surface area contributed by atoms with Crippen LogP contribution in [-0.2, 0) is 13.1 Å². The molecule has 0 saturated carbocycles. The van der Waals surface area contributed by atoms with Crippen molar-refractivity contribution in [2.24, 2.45) is 0 Å². The Morgan fingerprint density at radius 2 is 2.00 bits per heavy atom. The van der Waals surface area contributed by atoms with E-state index in [1.54, 1.807) is 28.9 Å². The van der Waals surface area contributed by atoms with E-state index in [2.05, 4.69) is 25.6 Å². The van der Waals surface area contributed by atoms with Crippen LogP contribution in [0.2, 0.25) is 0 Å². The Morgan fingerprint density at radius 3 is 2.79 bits per heavy atom. The van der Waals surface area contributed by atoms with E-state index in [-0.39, 0.29) is 0 Å². The van der Waals surface area contributed by atoms with E-state index in [1.165, 1.54) is 0 Å². The Labute approximate surface area is 119 Å². The van der Waals surface area contributed by atoms with Gasteiger partial charge in [0.1, 0.15) is 5.01 Å². The van der Waals surface area contributed by atoms with Gasteiger partial charge in [0.05, 0.1) is 22.6 Å². The summed E-state index contributed by atoms with van der Waals surface area (Å²) in [5, 5.41) is 8.42. The quantitative estimate of drug-likeness (QED) is 0.784. The van der Waals surface area contributed by atoms with E-state index in [0.717, 1.165) is 35.2 Å². The maximum atomic E-state index is 4.58. The van der Waals surface area contributed by atoms with Crippen molar-refractivity contribution >= 4 is 22.7 Å². The average molecular weight is 288 g/mol. The van der Waals surface area contributed by atoms with Crippen LogP contribution in [0.5, 0.6) is 0 Å². The molecule has 0 fully saturated rings. The van der Waals surface area contributed by atoms with Crippen molar-refractivity contribution in [3.63, 3.8) is 0 Å². The van der Waals surface area contributed by atoms with E-state index in [4.69, 9.17) is 0 Å². The second-order valence-corrected chi connectivity index (χ2v) is 5.52. The third-order valence-electron chi connectivity index (χ3n) is 2.53. The maximum absolute atomic E-state index is 4.58. The molecule has 96 valence electrons. The average Bonchev–Trinajstić information content (AvgIpc) is 3.11. The highest BCUT2D eigenvalue weighted by atomic mass is 32.1. The number of nitrogens with zero attached hydrogens (tertiary/aromatic N) is 3. The first-order valence-corrected chi connectivity index (χ1v) is 7.67. The molecule has 0 amide bonds. The standard InChI is InChI=1S/C13H12N4S2/c1-2-4-15-12(3-1)13-17-11(8-19-13)6-14-5-10-7-18-9-16-10/h1-4,7-9,14H,5-6H2. The van der Waals surface area contributed by atoms with Gasteiger partial charge in [-0.05, 0) is 12.1 Å². The molecule has 0 radical (unpaired) electrons. The van der Waals surface area contributed by atoms with E-state index in [0.29, 0.717) is 0 Å². The first-order chi connectivity index (χ1) is 9.42. The molecule has 0 aromatic carbocycles. The van der Waals surface area contributed by atoms with Gasteiger partial charge >= 0.3 is 0 Å². The zero-order chi connectivity index (χ0) is 12.9. The molecule has 0 spiro atoms. The molecular formula is C13H12N4S2. The highest BCUT2D eigenvalue weighted by molar-refractivity contribution is 7.13. The minimum atomic E-state index is 0.751. The van der Waals surface area contributed by atoms with Crippen molar-refractivity contribution in [2.75, 3.05) is 0 Å². The molecule has 0 aliphatic heterocycles. The largest absolute Gasteiger partial charge is 0.305 e. The molecule has 6 heteroatoms. The van der Waals surface area contributed by atoms with Crippen LogP contribution >= 0.6 is 22.7 Å². The first kappa shape index (κ1) is 12.4. The van der Waals surface area contributed by atoms with Crippen LogP contribution in [0.4, 0.5) is 0 Å². The molecule has 3 aromatic rings. The van der Waals surface area contributed by atoms with Gasteiger partial charge in [-0.2, -0.15) is 0 Å². The second-order valence-electron chi connectivity index (χ2n) is 3.94. The Bertz CT molecular complexity index is 619. The molecule has 0 bridgehead atoms. The van der Waals surface area contributed by atoms with Gasteiger partial charge in [0.15, 0.2) is 0 Å². The lowest BCUT2D eigenvalue weighted by Crippen LogP contribution is -2.13. The summed E-state index contributed by atoms with van der Waals surface area (Å²) < 4.78 is 0. The van der Waals surface area contributed by atoms with Gasteiger partial charge in [-0.1, -0.05) is 6.07 Å². The third-order valence-corrected chi connectivity index (χ3v) is 4.08. The predicted molar refractivity (Wildman–Crippen MR) is 78.0 cm³/mol. The Balaban J connectivity index is 1.59. The number of hydrogen-bond donors (Lipinski definition) is 1. The molecule has 4 nitrogen and oxygen atoms in total. The van der Waals surface area contributed by atoms with Gasteiger partial charge in [-0.25, -0.2) is 9.97 Å². The Kier molecular flexibility index (Phi) is 3.92. The molecule has 3 rings (SSSR count). The van der Waals surface area contributed by atoms with E-state index in [9.17, 15) is 0 Å². The third kappa shape index (κ3) is 3.23. The molecule has 3 aromatic heterocycles. The summed E-state index contributed by atoms with van der Waals surface area (Å²) in [5.74, 6) is 0. The van der Waals surface area contributed by atoms with Crippen LogP contribution in [0.15, 0.2) is 40.7 Å². The molecule has 0 atom stereocenters. The SMILES string of the molecule is c1ccc(-c2nc(CNCc3cscn3)cs2)nc1. The van der Waals surface area contributed by atoms with Gasteiger partial charge in [-0.3, -0.25) is 4.98 Å². The molecule has 3 heterocycles.